The van der Waals surface area contributed by atoms with E-state index >= 15 is 0 Å². The Kier molecular flexibility index (Phi) is 5.35. The van der Waals surface area contributed by atoms with Crippen molar-refractivity contribution in [3.05, 3.63) is 59.2 Å². The highest BCUT2D eigenvalue weighted by Crippen LogP contribution is 2.34. The van der Waals surface area contributed by atoms with E-state index in [1.165, 1.54) is 0 Å². The highest BCUT2D eigenvalue weighted by atomic mass is 32.2. The number of anilines is 1. The van der Waals surface area contributed by atoms with E-state index in [0.717, 1.165) is 17.8 Å². The third-order valence-corrected chi connectivity index (χ3v) is 5.49. The monoisotopic (exact) mass is 426 g/mol. The zero-order valence-corrected chi connectivity index (χ0v) is 15.6. The summed E-state index contributed by atoms with van der Waals surface area (Å²) in [5.41, 5.74) is 7.93. The number of aromatic nitrogens is 2. The van der Waals surface area contributed by atoms with Gasteiger partial charge in [0.15, 0.2) is 11.6 Å². The zero-order chi connectivity index (χ0) is 20.2. The molecule has 0 fully saturated rings. The van der Waals surface area contributed by atoms with Crippen molar-refractivity contribution < 1.29 is 21.6 Å². The van der Waals surface area contributed by atoms with Crippen LogP contribution in [-0.2, 0) is 23.0 Å². The van der Waals surface area contributed by atoms with Crippen LogP contribution < -0.4 is 10.5 Å². The van der Waals surface area contributed by atoms with E-state index in [-0.39, 0.29) is 19.4 Å². The molecule has 2 aromatic carbocycles. The highest BCUT2D eigenvalue weighted by molar-refractivity contribution is 7.92. The molecule has 0 spiro atoms. The van der Waals surface area contributed by atoms with Crippen LogP contribution >= 0.6 is 0 Å². The first-order valence-electron chi connectivity index (χ1n) is 8.49. The lowest BCUT2D eigenvalue weighted by atomic mass is 9.86. The lowest BCUT2D eigenvalue weighted by Crippen LogP contribution is -2.39. The minimum absolute atomic E-state index is 0. The van der Waals surface area contributed by atoms with E-state index in [1.54, 1.807) is 18.2 Å². The Labute approximate surface area is 166 Å². The van der Waals surface area contributed by atoms with Gasteiger partial charge in [-0.15, -0.1) is 0 Å². The SMILES string of the molecule is C.CS(=O)(=O)Nc1ccc2c(c1)nc1n2C[C@H](N)C(c2cc(F)c(F)cc2F)C1. The van der Waals surface area contributed by atoms with Crippen LogP contribution in [0.1, 0.15) is 24.7 Å². The number of hydrogen-bond donors (Lipinski definition) is 2. The summed E-state index contributed by atoms with van der Waals surface area (Å²) in [4.78, 5) is 4.51. The summed E-state index contributed by atoms with van der Waals surface area (Å²) in [6.07, 6.45) is 1.29. The second-order valence-corrected chi connectivity index (χ2v) is 8.73. The van der Waals surface area contributed by atoms with E-state index in [4.69, 9.17) is 5.73 Å². The number of sulfonamides is 1. The number of nitrogens with zero attached hydrogens (tertiary/aromatic N) is 2. The van der Waals surface area contributed by atoms with E-state index in [9.17, 15) is 21.6 Å². The highest BCUT2D eigenvalue weighted by Gasteiger charge is 2.32. The average Bonchev–Trinajstić information content (AvgIpc) is 2.92. The molecule has 1 aromatic heterocycles. The molecule has 0 saturated heterocycles. The second-order valence-electron chi connectivity index (χ2n) is 6.98. The lowest BCUT2D eigenvalue weighted by Gasteiger charge is -2.30. The first-order valence-corrected chi connectivity index (χ1v) is 10.4. The molecule has 4 rings (SSSR count). The first kappa shape index (κ1) is 21.1. The van der Waals surface area contributed by atoms with E-state index < -0.39 is 39.4 Å². The Balaban J connectivity index is 0.00000240. The van der Waals surface area contributed by atoms with Crippen molar-refractivity contribution in [1.82, 2.24) is 9.55 Å². The number of halogens is 3. The Morgan fingerprint density at radius 1 is 1.14 bits per heavy atom. The maximum atomic E-state index is 14.2. The number of fused-ring (bicyclic) bond motifs is 3. The third kappa shape index (κ3) is 3.95. The third-order valence-electron chi connectivity index (χ3n) is 4.88. The van der Waals surface area contributed by atoms with Gasteiger partial charge in [-0.3, -0.25) is 4.72 Å². The zero-order valence-electron chi connectivity index (χ0n) is 14.8. The topological polar surface area (TPSA) is 90.0 Å². The molecule has 1 unspecified atom stereocenters. The van der Waals surface area contributed by atoms with E-state index in [0.29, 0.717) is 29.6 Å². The lowest BCUT2D eigenvalue weighted by molar-refractivity contribution is 0.392. The Morgan fingerprint density at radius 2 is 1.83 bits per heavy atom. The van der Waals surface area contributed by atoms with Crippen LogP contribution in [-0.4, -0.2) is 30.3 Å². The fraction of sp³-hybridized carbons (Fsp3) is 0.316. The van der Waals surface area contributed by atoms with Crippen molar-refractivity contribution in [2.24, 2.45) is 5.73 Å². The molecule has 2 atom stereocenters. The van der Waals surface area contributed by atoms with Crippen LogP contribution in [0.3, 0.4) is 0 Å². The molecule has 2 heterocycles. The van der Waals surface area contributed by atoms with Crippen molar-refractivity contribution in [1.29, 1.82) is 0 Å². The van der Waals surface area contributed by atoms with Gasteiger partial charge in [-0.2, -0.15) is 0 Å². The number of benzene rings is 2. The van der Waals surface area contributed by atoms with Crippen molar-refractivity contribution in [2.45, 2.75) is 32.4 Å². The molecule has 1 aliphatic heterocycles. The number of nitrogens with two attached hydrogens (primary N) is 1. The quantitative estimate of drug-likeness (QED) is 0.630. The first-order chi connectivity index (χ1) is 13.1. The van der Waals surface area contributed by atoms with Crippen molar-refractivity contribution in [2.75, 3.05) is 11.0 Å². The second kappa shape index (κ2) is 7.34. The van der Waals surface area contributed by atoms with Crippen molar-refractivity contribution >= 4 is 26.7 Å². The number of rotatable bonds is 3. The summed E-state index contributed by atoms with van der Waals surface area (Å²) in [6.45, 7) is 0.313. The van der Waals surface area contributed by atoms with Crippen LogP contribution in [0.25, 0.3) is 11.0 Å². The van der Waals surface area contributed by atoms with Gasteiger partial charge in [0.2, 0.25) is 10.0 Å². The molecule has 0 amide bonds. The fourth-order valence-electron chi connectivity index (χ4n) is 3.67. The molecule has 10 heteroatoms. The summed E-state index contributed by atoms with van der Waals surface area (Å²) < 4.78 is 68.2. The van der Waals surface area contributed by atoms with Gasteiger partial charge in [0.1, 0.15) is 11.6 Å². The molecule has 3 aromatic rings. The number of hydrogen-bond acceptors (Lipinski definition) is 4. The molecule has 0 aliphatic carbocycles. The molecule has 29 heavy (non-hydrogen) atoms. The Bertz CT molecular complexity index is 1190. The summed E-state index contributed by atoms with van der Waals surface area (Å²) in [5.74, 6) is -3.16. The summed E-state index contributed by atoms with van der Waals surface area (Å²) >= 11 is 0. The summed E-state index contributed by atoms with van der Waals surface area (Å²) in [7, 11) is -3.43. The van der Waals surface area contributed by atoms with Crippen LogP contribution in [0.5, 0.6) is 0 Å². The fourth-order valence-corrected chi connectivity index (χ4v) is 4.22. The molecule has 0 saturated carbocycles. The van der Waals surface area contributed by atoms with Crippen molar-refractivity contribution in [3.63, 3.8) is 0 Å². The summed E-state index contributed by atoms with van der Waals surface area (Å²) in [5, 5.41) is 0. The normalized spacial score (nSPS) is 18.9. The number of imidazole rings is 1. The van der Waals surface area contributed by atoms with Crippen LogP contribution in [0.15, 0.2) is 30.3 Å². The van der Waals surface area contributed by atoms with Gasteiger partial charge in [-0.05, 0) is 29.8 Å². The summed E-state index contributed by atoms with van der Waals surface area (Å²) in [6, 6.07) is 5.79. The molecule has 1 aliphatic rings. The van der Waals surface area contributed by atoms with E-state index in [1.807, 2.05) is 4.57 Å². The van der Waals surface area contributed by atoms with Gasteiger partial charge < -0.3 is 10.3 Å². The molecular weight excluding hydrogens is 405 g/mol. The number of nitrogens with one attached hydrogen (secondary N) is 1. The minimum Gasteiger partial charge on any atom is -0.326 e. The molecule has 0 radical (unpaired) electrons. The van der Waals surface area contributed by atoms with Gasteiger partial charge in [-0.25, -0.2) is 26.6 Å². The largest absolute Gasteiger partial charge is 0.326 e. The van der Waals surface area contributed by atoms with Gasteiger partial charge in [-0.1, -0.05) is 7.43 Å². The molecular formula is C19H21F3N4O2S. The van der Waals surface area contributed by atoms with Crippen molar-refractivity contribution in [3.8, 4) is 0 Å². The van der Waals surface area contributed by atoms with Crippen LogP contribution in [0.4, 0.5) is 18.9 Å². The molecule has 156 valence electrons. The van der Waals surface area contributed by atoms with Gasteiger partial charge in [0.05, 0.1) is 23.0 Å². The smallest absolute Gasteiger partial charge is 0.229 e. The minimum atomic E-state index is -3.43. The maximum Gasteiger partial charge on any atom is 0.229 e. The van der Waals surface area contributed by atoms with Crippen LogP contribution in [0, 0.1) is 17.5 Å². The van der Waals surface area contributed by atoms with E-state index in [2.05, 4.69) is 9.71 Å². The Morgan fingerprint density at radius 3 is 2.52 bits per heavy atom. The van der Waals surface area contributed by atoms with Crippen LogP contribution in [0.2, 0.25) is 0 Å². The maximum absolute atomic E-state index is 14.2. The molecule has 6 nitrogen and oxygen atoms in total. The predicted molar refractivity (Wildman–Crippen MR) is 106 cm³/mol. The standard InChI is InChI=1S/C18H17F3N4O2S.CH4/c1-28(26,27)24-9-2-3-17-16(4-9)23-18-6-11(15(22)8-25(17)18)10-5-13(20)14(21)7-12(10)19;/h2-5,7,11,15,24H,6,8,22H2,1H3;1H4/t11?,15-;/m0./s1. The van der Waals surface area contributed by atoms with Gasteiger partial charge in [0.25, 0.3) is 0 Å². The predicted octanol–water partition coefficient (Wildman–Crippen LogP) is 3.13. The van der Waals surface area contributed by atoms with Gasteiger partial charge in [0, 0.05) is 31.0 Å². The molecule has 3 N–H and O–H groups in total. The molecule has 0 bridgehead atoms. The average molecular weight is 426 g/mol. The van der Waals surface area contributed by atoms with Gasteiger partial charge >= 0.3 is 0 Å². The Hall–Kier alpha value is -2.59.